The van der Waals surface area contributed by atoms with Gasteiger partial charge in [-0.3, -0.25) is 0 Å². The van der Waals surface area contributed by atoms with Crippen LogP contribution in [0.1, 0.15) is 44.1 Å². The van der Waals surface area contributed by atoms with E-state index in [1.807, 2.05) is 19.1 Å². The number of benzene rings is 1. The lowest BCUT2D eigenvalue weighted by molar-refractivity contribution is 0.201. The highest BCUT2D eigenvalue weighted by Crippen LogP contribution is 2.38. The van der Waals surface area contributed by atoms with Crippen molar-refractivity contribution in [3.05, 3.63) is 23.8 Å². The number of nitrogen functional groups attached to an aromatic ring is 1. The Morgan fingerprint density at radius 2 is 1.95 bits per heavy atom. The van der Waals surface area contributed by atoms with Crippen molar-refractivity contribution in [3.8, 4) is 5.75 Å². The third kappa shape index (κ3) is 2.86. The molecule has 0 bridgehead atoms. The molecule has 1 saturated heterocycles. The van der Waals surface area contributed by atoms with Gasteiger partial charge in [0.05, 0.1) is 6.61 Å². The van der Waals surface area contributed by atoms with Gasteiger partial charge >= 0.3 is 0 Å². The average Bonchev–Trinajstić information content (AvgIpc) is 3.24. The van der Waals surface area contributed by atoms with E-state index in [2.05, 4.69) is 11.0 Å². The molecule has 104 valence electrons. The van der Waals surface area contributed by atoms with Crippen LogP contribution in [0.15, 0.2) is 18.2 Å². The molecule has 1 aliphatic carbocycles. The first-order valence-corrected chi connectivity index (χ1v) is 7.54. The Bertz CT molecular complexity index is 434. The quantitative estimate of drug-likeness (QED) is 0.846. The van der Waals surface area contributed by atoms with Gasteiger partial charge in [-0.15, -0.1) is 0 Å². The highest BCUT2D eigenvalue weighted by atomic mass is 16.5. The maximum Gasteiger partial charge on any atom is 0.124 e. The predicted molar refractivity (Wildman–Crippen MR) is 78.6 cm³/mol. The van der Waals surface area contributed by atoms with E-state index < -0.39 is 0 Å². The van der Waals surface area contributed by atoms with Crippen molar-refractivity contribution in [2.24, 2.45) is 0 Å². The molecule has 3 heteroatoms. The van der Waals surface area contributed by atoms with Gasteiger partial charge in [-0.05, 0) is 63.2 Å². The van der Waals surface area contributed by atoms with Crippen LogP contribution in [-0.4, -0.2) is 30.6 Å². The van der Waals surface area contributed by atoms with Gasteiger partial charge in [0.15, 0.2) is 0 Å². The Morgan fingerprint density at radius 3 is 2.58 bits per heavy atom. The summed E-state index contributed by atoms with van der Waals surface area (Å²) in [5.74, 6) is 1.63. The lowest BCUT2D eigenvalue weighted by Crippen LogP contribution is -2.34. The highest BCUT2D eigenvalue weighted by Gasteiger charge is 2.32. The second kappa shape index (κ2) is 5.41. The number of ether oxygens (including phenoxy) is 1. The van der Waals surface area contributed by atoms with Crippen LogP contribution in [0.4, 0.5) is 5.69 Å². The summed E-state index contributed by atoms with van der Waals surface area (Å²) >= 11 is 0. The molecule has 0 amide bonds. The van der Waals surface area contributed by atoms with Gasteiger partial charge in [0.1, 0.15) is 5.75 Å². The molecule has 0 radical (unpaired) electrons. The third-order valence-electron chi connectivity index (χ3n) is 4.37. The van der Waals surface area contributed by atoms with E-state index >= 15 is 0 Å². The number of nitrogens with two attached hydrogens (primary N) is 1. The molecule has 2 fully saturated rings. The Hall–Kier alpha value is -1.22. The second-order valence-corrected chi connectivity index (χ2v) is 5.77. The zero-order valence-corrected chi connectivity index (χ0v) is 11.8. The molecule has 1 aromatic rings. The lowest BCUT2D eigenvalue weighted by atomic mass is 9.88. The van der Waals surface area contributed by atoms with Gasteiger partial charge in [0, 0.05) is 17.8 Å². The summed E-state index contributed by atoms with van der Waals surface area (Å²) in [6.07, 6.45) is 5.33. The average molecular weight is 260 g/mol. The fourth-order valence-electron chi connectivity index (χ4n) is 3.18. The summed E-state index contributed by atoms with van der Waals surface area (Å²) in [4.78, 5) is 2.66. The van der Waals surface area contributed by atoms with Crippen LogP contribution in [-0.2, 0) is 0 Å². The summed E-state index contributed by atoms with van der Waals surface area (Å²) in [6.45, 7) is 5.22. The molecule has 0 aromatic heterocycles. The zero-order chi connectivity index (χ0) is 13.2. The first-order chi connectivity index (χ1) is 9.28. The molecule has 2 N–H and O–H groups in total. The van der Waals surface area contributed by atoms with Crippen LogP contribution in [0.2, 0.25) is 0 Å². The molecule has 3 rings (SSSR count). The standard InChI is InChI=1S/C16H24N2O/c1-2-19-16-11-13(17)3-6-15(16)12-7-9-18(10-8-12)14-4-5-14/h3,6,11-12,14H,2,4-5,7-10,17H2,1H3. The number of piperidine rings is 1. The third-order valence-corrected chi connectivity index (χ3v) is 4.37. The Balaban J connectivity index is 1.71. The molecule has 0 unspecified atom stereocenters. The Morgan fingerprint density at radius 1 is 1.21 bits per heavy atom. The van der Waals surface area contributed by atoms with E-state index in [0.717, 1.165) is 17.5 Å². The van der Waals surface area contributed by atoms with Gasteiger partial charge in [0.25, 0.3) is 0 Å². The molecule has 3 nitrogen and oxygen atoms in total. The minimum absolute atomic E-state index is 0.636. The van der Waals surface area contributed by atoms with Crippen LogP contribution >= 0.6 is 0 Å². The van der Waals surface area contributed by atoms with Crippen LogP contribution in [0.3, 0.4) is 0 Å². The molecule has 1 heterocycles. The van der Waals surface area contributed by atoms with E-state index in [0.29, 0.717) is 12.5 Å². The molecular formula is C16H24N2O. The van der Waals surface area contributed by atoms with Crippen LogP contribution < -0.4 is 10.5 Å². The molecule has 0 spiro atoms. The fraction of sp³-hybridized carbons (Fsp3) is 0.625. The van der Waals surface area contributed by atoms with E-state index in [4.69, 9.17) is 10.5 Å². The number of hydrogen-bond acceptors (Lipinski definition) is 3. The molecule has 1 aliphatic heterocycles. The molecule has 1 aromatic carbocycles. The summed E-state index contributed by atoms with van der Waals surface area (Å²) in [5.41, 5.74) is 8.02. The first-order valence-electron chi connectivity index (χ1n) is 7.54. The van der Waals surface area contributed by atoms with Crippen molar-refractivity contribution >= 4 is 5.69 Å². The van der Waals surface area contributed by atoms with Gasteiger partial charge in [-0.1, -0.05) is 6.07 Å². The maximum atomic E-state index is 5.87. The number of likely N-dealkylation sites (tertiary alicyclic amines) is 1. The van der Waals surface area contributed by atoms with E-state index in [9.17, 15) is 0 Å². The smallest absolute Gasteiger partial charge is 0.124 e. The van der Waals surface area contributed by atoms with Crippen molar-refractivity contribution < 1.29 is 4.74 Å². The monoisotopic (exact) mass is 260 g/mol. The second-order valence-electron chi connectivity index (χ2n) is 5.77. The largest absolute Gasteiger partial charge is 0.494 e. The van der Waals surface area contributed by atoms with Crippen molar-refractivity contribution in [2.45, 2.75) is 44.6 Å². The van der Waals surface area contributed by atoms with Crippen LogP contribution in [0.5, 0.6) is 5.75 Å². The zero-order valence-electron chi connectivity index (χ0n) is 11.8. The summed E-state index contributed by atoms with van der Waals surface area (Å²) in [7, 11) is 0. The summed E-state index contributed by atoms with van der Waals surface area (Å²) in [6, 6.07) is 7.05. The number of rotatable bonds is 4. The van der Waals surface area contributed by atoms with E-state index in [1.165, 1.54) is 44.3 Å². The van der Waals surface area contributed by atoms with Crippen LogP contribution in [0, 0.1) is 0 Å². The van der Waals surface area contributed by atoms with Crippen molar-refractivity contribution in [1.29, 1.82) is 0 Å². The number of nitrogens with zero attached hydrogens (tertiary/aromatic N) is 1. The Labute approximate surface area is 115 Å². The predicted octanol–water partition coefficient (Wildman–Crippen LogP) is 3.01. The normalized spacial score (nSPS) is 21.5. The fourth-order valence-corrected chi connectivity index (χ4v) is 3.18. The van der Waals surface area contributed by atoms with Gasteiger partial charge in [0.2, 0.25) is 0 Å². The number of hydrogen-bond donors (Lipinski definition) is 1. The summed E-state index contributed by atoms with van der Waals surface area (Å²) in [5, 5.41) is 0. The lowest BCUT2D eigenvalue weighted by Gasteiger charge is -2.32. The van der Waals surface area contributed by atoms with Crippen molar-refractivity contribution in [3.63, 3.8) is 0 Å². The molecule has 1 saturated carbocycles. The minimum Gasteiger partial charge on any atom is -0.494 e. The van der Waals surface area contributed by atoms with Crippen molar-refractivity contribution in [2.75, 3.05) is 25.4 Å². The Kier molecular flexibility index (Phi) is 3.65. The van der Waals surface area contributed by atoms with Crippen molar-refractivity contribution in [1.82, 2.24) is 4.90 Å². The summed E-state index contributed by atoms with van der Waals surface area (Å²) < 4.78 is 5.76. The topological polar surface area (TPSA) is 38.5 Å². The van der Waals surface area contributed by atoms with Gasteiger partial charge in [-0.25, -0.2) is 0 Å². The van der Waals surface area contributed by atoms with E-state index in [-0.39, 0.29) is 0 Å². The maximum absolute atomic E-state index is 5.87. The number of anilines is 1. The molecule has 19 heavy (non-hydrogen) atoms. The molecule has 0 atom stereocenters. The molecule has 2 aliphatic rings. The van der Waals surface area contributed by atoms with E-state index in [1.54, 1.807) is 0 Å². The van der Waals surface area contributed by atoms with Gasteiger partial charge < -0.3 is 15.4 Å². The SMILES string of the molecule is CCOc1cc(N)ccc1C1CCN(C2CC2)CC1. The highest BCUT2D eigenvalue weighted by molar-refractivity contribution is 5.49. The van der Waals surface area contributed by atoms with Crippen LogP contribution in [0.25, 0.3) is 0 Å². The minimum atomic E-state index is 0.636. The van der Waals surface area contributed by atoms with Gasteiger partial charge in [-0.2, -0.15) is 0 Å². The molecular weight excluding hydrogens is 236 g/mol. The first kappa shape index (κ1) is 12.8.